The number of carbonyl (C=O) groups is 1. The van der Waals surface area contributed by atoms with Crippen LogP contribution in [0.2, 0.25) is 0 Å². The quantitative estimate of drug-likeness (QED) is 0.325. The highest BCUT2D eigenvalue weighted by molar-refractivity contribution is 6.05. The number of nitro groups is 1. The number of methoxy groups -OCH3 is 3. The van der Waals surface area contributed by atoms with E-state index in [0.29, 0.717) is 22.8 Å². The Labute approximate surface area is 160 Å². The predicted molar refractivity (Wildman–Crippen MR) is 101 cm³/mol. The number of hydrogen-bond donors (Lipinski definition) is 0. The topological polar surface area (TPSA) is 97.1 Å². The van der Waals surface area contributed by atoms with Crippen molar-refractivity contribution in [3.63, 3.8) is 0 Å². The van der Waals surface area contributed by atoms with Gasteiger partial charge in [0, 0.05) is 5.56 Å². The molecule has 1 aliphatic heterocycles. The molecule has 0 aliphatic carbocycles. The third kappa shape index (κ3) is 3.66. The molecule has 0 spiro atoms. The second-order valence-corrected chi connectivity index (χ2v) is 5.75. The number of esters is 1. The summed E-state index contributed by atoms with van der Waals surface area (Å²) in [6.07, 6.45) is 2.92. The van der Waals surface area contributed by atoms with Crippen LogP contribution >= 0.6 is 0 Å². The lowest BCUT2D eigenvalue weighted by Gasteiger charge is -2.08. The summed E-state index contributed by atoms with van der Waals surface area (Å²) in [7, 11) is 4.37. The number of cyclic esters (lactones) is 1. The molecule has 1 heterocycles. The molecule has 144 valence electrons. The molecule has 8 nitrogen and oxygen atoms in total. The van der Waals surface area contributed by atoms with Crippen LogP contribution in [0.5, 0.6) is 17.2 Å². The maximum absolute atomic E-state index is 12.3. The molecule has 0 amide bonds. The van der Waals surface area contributed by atoms with Crippen molar-refractivity contribution in [3.8, 4) is 17.2 Å². The first kappa shape index (κ1) is 19.0. The van der Waals surface area contributed by atoms with Crippen LogP contribution in [0.25, 0.3) is 11.8 Å². The fourth-order valence-corrected chi connectivity index (χ4v) is 2.71. The van der Waals surface area contributed by atoms with E-state index in [1.54, 1.807) is 31.4 Å². The van der Waals surface area contributed by atoms with Gasteiger partial charge in [-0.1, -0.05) is 0 Å². The summed E-state index contributed by atoms with van der Waals surface area (Å²) in [6, 6.07) is 9.67. The summed E-state index contributed by atoms with van der Waals surface area (Å²) in [5.74, 6) is 0.952. The highest BCUT2D eigenvalue weighted by atomic mass is 16.6. The molecule has 0 saturated carbocycles. The normalized spacial score (nSPS) is 14.5. The average molecular weight is 383 g/mol. The second-order valence-electron chi connectivity index (χ2n) is 5.75. The smallest absolute Gasteiger partial charge is 0.343 e. The van der Waals surface area contributed by atoms with E-state index in [4.69, 9.17) is 18.9 Å². The Morgan fingerprint density at radius 2 is 1.64 bits per heavy atom. The van der Waals surface area contributed by atoms with Gasteiger partial charge in [0.05, 0.1) is 43.5 Å². The molecule has 2 aromatic rings. The molecule has 1 aliphatic rings. The summed E-state index contributed by atoms with van der Waals surface area (Å²) in [4.78, 5) is 23.1. The van der Waals surface area contributed by atoms with E-state index in [2.05, 4.69) is 0 Å². The predicted octanol–water partition coefficient (Wildman–Crippen LogP) is 3.60. The van der Waals surface area contributed by atoms with Crippen molar-refractivity contribution < 1.29 is 28.7 Å². The van der Waals surface area contributed by atoms with Gasteiger partial charge in [0.25, 0.3) is 5.69 Å². The van der Waals surface area contributed by atoms with Gasteiger partial charge in [0.15, 0.2) is 11.5 Å². The van der Waals surface area contributed by atoms with Crippen LogP contribution in [0, 0.1) is 10.1 Å². The van der Waals surface area contributed by atoms with Crippen molar-refractivity contribution in [2.45, 2.75) is 0 Å². The number of rotatable bonds is 6. The Bertz CT molecular complexity index is 990. The summed E-state index contributed by atoms with van der Waals surface area (Å²) >= 11 is 0. The third-order valence-corrected chi connectivity index (χ3v) is 4.14. The Hall–Kier alpha value is -3.81. The van der Waals surface area contributed by atoms with Crippen LogP contribution in [-0.4, -0.2) is 32.2 Å². The molecule has 0 radical (unpaired) electrons. The Balaban J connectivity index is 2.03. The first-order chi connectivity index (χ1) is 13.5. The van der Waals surface area contributed by atoms with Crippen LogP contribution < -0.4 is 14.2 Å². The molecule has 3 rings (SSSR count). The Kier molecular flexibility index (Phi) is 5.30. The molecule has 0 fully saturated rings. The van der Waals surface area contributed by atoms with Crippen LogP contribution in [0.1, 0.15) is 11.1 Å². The van der Waals surface area contributed by atoms with E-state index >= 15 is 0 Å². The molecule has 8 heteroatoms. The van der Waals surface area contributed by atoms with Gasteiger partial charge >= 0.3 is 5.97 Å². The molecule has 0 saturated heterocycles. The molecule has 28 heavy (non-hydrogen) atoms. The molecule has 0 N–H and O–H groups in total. The van der Waals surface area contributed by atoms with Gasteiger partial charge in [0.2, 0.25) is 0 Å². The largest absolute Gasteiger partial charge is 0.497 e. The molecule has 0 bridgehead atoms. The minimum absolute atomic E-state index is 0.182. The summed E-state index contributed by atoms with van der Waals surface area (Å²) < 4.78 is 20.7. The van der Waals surface area contributed by atoms with E-state index in [1.807, 2.05) is 0 Å². The Morgan fingerprint density at radius 1 is 1.00 bits per heavy atom. The van der Waals surface area contributed by atoms with Crippen LogP contribution in [0.4, 0.5) is 5.69 Å². The maximum Gasteiger partial charge on any atom is 0.343 e. The monoisotopic (exact) mass is 383 g/mol. The van der Waals surface area contributed by atoms with Gasteiger partial charge in [0.1, 0.15) is 11.5 Å². The van der Waals surface area contributed by atoms with E-state index in [1.165, 1.54) is 38.5 Å². The molecular weight excluding hydrogens is 366 g/mol. The van der Waals surface area contributed by atoms with Crippen LogP contribution in [0.15, 0.2) is 48.0 Å². The maximum atomic E-state index is 12.3. The van der Waals surface area contributed by atoms with Crippen LogP contribution in [0.3, 0.4) is 0 Å². The fourth-order valence-electron chi connectivity index (χ4n) is 2.71. The average Bonchev–Trinajstić information content (AvgIpc) is 3.07. The molecular formula is C20H17NO7. The summed E-state index contributed by atoms with van der Waals surface area (Å²) in [6.45, 7) is 0. The lowest BCUT2D eigenvalue weighted by Crippen LogP contribution is -1.99. The highest BCUT2D eigenvalue weighted by Gasteiger charge is 2.25. The molecule has 0 atom stereocenters. The minimum Gasteiger partial charge on any atom is -0.497 e. The summed E-state index contributed by atoms with van der Waals surface area (Å²) in [5.41, 5.74) is 0.839. The minimum atomic E-state index is -0.602. The van der Waals surface area contributed by atoms with Crippen LogP contribution in [-0.2, 0) is 9.53 Å². The molecule has 0 unspecified atom stereocenters. The first-order valence-electron chi connectivity index (χ1n) is 8.17. The molecule has 2 aromatic carbocycles. The van der Waals surface area contributed by atoms with E-state index in [0.717, 1.165) is 0 Å². The number of hydrogen-bond acceptors (Lipinski definition) is 7. The zero-order valence-corrected chi connectivity index (χ0v) is 15.4. The lowest BCUT2D eigenvalue weighted by atomic mass is 10.1. The zero-order valence-electron chi connectivity index (χ0n) is 15.4. The number of nitrogens with zero attached hydrogens (tertiary/aromatic N) is 1. The lowest BCUT2D eigenvalue weighted by molar-refractivity contribution is -0.385. The summed E-state index contributed by atoms with van der Waals surface area (Å²) in [5, 5.41) is 11.4. The van der Waals surface area contributed by atoms with E-state index in [-0.39, 0.29) is 22.6 Å². The van der Waals surface area contributed by atoms with Gasteiger partial charge < -0.3 is 18.9 Å². The van der Waals surface area contributed by atoms with Gasteiger partial charge in [-0.15, -0.1) is 0 Å². The number of nitro benzene ring substituents is 1. The SMILES string of the molecule is COc1ccc(C2=C/C(=C/c3cc(OC)c(OC)cc3[N+](=O)[O-])C(=O)O2)cc1. The third-order valence-electron chi connectivity index (χ3n) is 4.14. The highest BCUT2D eigenvalue weighted by Crippen LogP contribution is 2.37. The number of benzene rings is 2. The number of carbonyl (C=O) groups excluding carboxylic acids is 1. The van der Waals surface area contributed by atoms with Gasteiger partial charge in [-0.05, 0) is 42.5 Å². The van der Waals surface area contributed by atoms with Crippen molar-refractivity contribution in [2.24, 2.45) is 0 Å². The zero-order chi connectivity index (χ0) is 20.3. The van der Waals surface area contributed by atoms with E-state index in [9.17, 15) is 14.9 Å². The molecule has 0 aromatic heterocycles. The second kappa shape index (κ2) is 7.83. The van der Waals surface area contributed by atoms with Crippen molar-refractivity contribution >= 4 is 23.5 Å². The van der Waals surface area contributed by atoms with Gasteiger partial charge in [-0.25, -0.2) is 4.79 Å². The van der Waals surface area contributed by atoms with Crippen molar-refractivity contribution in [1.29, 1.82) is 0 Å². The van der Waals surface area contributed by atoms with Crippen molar-refractivity contribution in [3.05, 3.63) is 69.3 Å². The fraction of sp³-hybridized carbons (Fsp3) is 0.150. The van der Waals surface area contributed by atoms with Gasteiger partial charge in [-0.2, -0.15) is 0 Å². The van der Waals surface area contributed by atoms with Crippen molar-refractivity contribution in [2.75, 3.05) is 21.3 Å². The standard InChI is InChI=1S/C20H17NO7/c1-25-15-6-4-12(5-7-15)17-10-14(20(22)28-17)8-13-9-18(26-2)19(27-3)11-16(13)21(23)24/h4-11H,1-3H3/b14-8-. The van der Waals surface area contributed by atoms with E-state index < -0.39 is 10.9 Å². The Morgan fingerprint density at radius 3 is 2.21 bits per heavy atom. The van der Waals surface area contributed by atoms with Crippen molar-refractivity contribution in [1.82, 2.24) is 0 Å². The van der Waals surface area contributed by atoms with Gasteiger partial charge in [-0.3, -0.25) is 10.1 Å². The number of ether oxygens (including phenoxy) is 4. The first-order valence-corrected chi connectivity index (χ1v) is 8.17.